The third-order valence-electron chi connectivity index (χ3n) is 3.73. The number of halogens is 1. The van der Waals surface area contributed by atoms with E-state index >= 15 is 0 Å². The molecule has 0 aliphatic carbocycles. The van der Waals surface area contributed by atoms with Crippen molar-refractivity contribution in [2.24, 2.45) is 0 Å². The molecule has 1 unspecified atom stereocenters. The van der Waals surface area contributed by atoms with Crippen LogP contribution in [0.5, 0.6) is 11.9 Å². The van der Waals surface area contributed by atoms with E-state index in [0.717, 1.165) is 12.8 Å². The molecule has 0 bridgehead atoms. The number of hydrogen-bond donors (Lipinski definition) is 0. The Bertz CT molecular complexity index is 711. The average Bonchev–Trinajstić information content (AvgIpc) is 2.63. The van der Waals surface area contributed by atoms with Gasteiger partial charge in [0.15, 0.2) is 0 Å². The maximum absolute atomic E-state index is 12.6. The lowest BCUT2D eigenvalue weighted by atomic mass is 10.1. The smallest absolute Gasteiger partial charge is 0.316 e. The molecule has 1 fully saturated rings. The monoisotopic (exact) mass is 348 g/mol. The SMILES string of the molecule is COc1cc(C(=O)N2CCCC(Oc3ncc(Cl)cn3)C2)ccn1. The predicted octanol–water partition coefficient (Wildman–Crippen LogP) is 2.22. The second kappa shape index (κ2) is 7.44. The summed E-state index contributed by atoms with van der Waals surface area (Å²) < 4.78 is 10.8. The molecular formula is C16H17ClN4O3. The molecule has 0 N–H and O–H groups in total. The summed E-state index contributed by atoms with van der Waals surface area (Å²) in [6.45, 7) is 1.17. The summed E-state index contributed by atoms with van der Waals surface area (Å²) in [6, 6.07) is 3.58. The van der Waals surface area contributed by atoms with Crippen LogP contribution in [-0.2, 0) is 0 Å². The Morgan fingerprint density at radius 2 is 2.12 bits per heavy atom. The van der Waals surface area contributed by atoms with E-state index in [1.54, 1.807) is 23.2 Å². The Balaban J connectivity index is 1.66. The average molecular weight is 349 g/mol. The van der Waals surface area contributed by atoms with Crippen LogP contribution in [0.3, 0.4) is 0 Å². The maximum Gasteiger partial charge on any atom is 0.316 e. The lowest BCUT2D eigenvalue weighted by Gasteiger charge is -2.32. The molecule has 1 saturated heterocycles. The number of likely N-dealkylation sites (tertiary alicyclic amines) is 1. The molecule has 3 heterocycles. The first kappa shape index (κ1) is 16.4. The van der Waals surface area contributed by atoms with Crippen LogP contribution >= 0.6 is 11.6 Å². The summed E-state index contributed by atoms with van der Waals surface area (Å²) in [6.07, 6.45) is 6.08. The maximum atomic E-state index is 12.6. The highest BCUT2D eigenvalue weighted by atomic mass is 35.5. The second-order valence-corrected chi connectivity index (χ2v) is 5.84. The summed E-state index contributed by atoms with van der Waals surface area (Å²) in [5, 5.41) is 0.453. The van der Waals surface area contributed by atoms with E-state index in [9.17, 15) is 4.79 Å². The molecule has 0 spiro atoms. The van der Waals surface area contributed by atoms with Crippen LogP contribution in [0.15, 0.2) is 30.7 Å². The van der Waals surface area contributed by atoms with Gasteiger partial charge in [-0.25, -0.2) is 15.0 Å². The van der Waals surface area contributed by atoms with Gasteiger partial charge in [0.1, 0.15) is 6.10 Å². The molecule has 1 amide bonds. The molecule has 8 heteroatoms. The summed E-state index contributed by atoms with van der Waals surface area (Å²) in [5.41, 5.74) is 0.547. The molecule has 0 radical (unpaired) electrons. The van der Waals surface area contributed by atoms with E-state index in [0.29, 0.717) is 29.6 Å². The van der Waals surface area contributed by atoms with Crippen molar-refractivity contribution < 1.29 is 14.3 Å². The number of ether oxygens (including phenoxy) is 2. The molecule has 0 saturated carbocycles. The van der Waals surface area contributed by atoms with Gasteiger partial charge < -0.3 is 14.4 Å². The lowest BCUT2D eigenvalue weighted by Crippen LogP contribution is -2.44. The number of nitrogens with zero attached hydrogens (tertiary/aromatic N) is 4. The van der Waals surface area contributed by atoms with Gasteiger partial charge in [0.25, 0.3) is 5.91 Å². The number of amides is 1. The Labute approximate surface area is 144 Å². The van der Waals surface area contributed by atoms with E-state index in [1.807, 2.05) is 0 Å². The van der Waals surface area contributed by atoms with Gasteiger partial charge in [0, 0.05) is 24.4 Å². The fourth-order valence-electron chi connectivity index (χ4n) is 2.57. The number of methoxy groups -OCH3 is 1. The first-order chi connectivity index (χ1) is 11.7. The van der Waals surface area contributed by atoms with E-state index in [4.69, 9.17) is 21.1 Å². The topological polar surface area (TPSA) is 77.4 Å². The summed E-state index contributed by atoms with van der Waals surface area (Å²) >= 11 is 5.76. The fraction of sp³-hybridized carbons (Fsp3) is 0.375. The molecule has 1 aliphatic rings. The zero-order chi connectivity index (χ0) is 16.9. The quantitative estimate of drug-likeness (QED) is 0.843. The first-order valence-electron chi connectivity index (χ1n) is 7.59. The van der Waals surface area contributed by atoms with Crippen LogP contribution in [0.25, 0.3) is 0 Å². The van der Waals surface area contributed by atoms with Gasteiger partial charge >= 0.3 is 6.01 Å². The minimum atomic E-state index is -0.146. The highest BCUT2D eigenvalue weighted by Crippen LogP contribution is 2.19. The van der Waals surface area contributed by atoms with Crippen molar-refractivity contribution in [2.45, 2.75) is 18.9 Å². The van der Waals surface area contributed by atoms with Crippen molar-refractivity contribution in [1.82, 2.24) is 19.9 Å². The Hall–Kier alpha value is -2.41. The van der Waals surface area contributed by atoms with Crippen LogP contribution in [0.2, 0.25) is 5.02 Å². The molecule has 3 rings (SSSR count). The minimum Gasteiger partial charge on any atom is -0.481 e. The zero-order valence-electron chi connectivity index (χ0n) is 13.2. The number of carbonyl (C=O) groups is 1. The number of rotatable bonds is 4. The van der Waals surface area contributed by atoms with Gasteiger partial charge in [-0.3, -0.25) is 4.79 Å². The van der Waals surface area contributed by atoms with Crippen LogP contribution in [0.1, 0.15) is 23.2 Å². The van der Waals surface area contributed by atoms with E-state index in [2.05, 4.69) is 15.0 Å². The van der Waals surface area contributed by atoms with Crippen molar-refractivity contribution >= 4 is 17.5 Å². The second-order valence-electron chi connectivity index (χ2n) is 5.40. The molecule has 1 aliphatic heterocycles. The Kier molecular flexibility index (Phi) is 5.10. The standard InChI is InChI=1S/C16H17ClN4O3/c1-23-14-7-11(4-5-18-14)15(22)21-6-2-3-13(10-21)24-16-19-8-12(17)9-20-16/h4-5,7-9,13H,2-3,6,10H2,1H3. The zero-order valence-corrected chi connectivity index (χ0v) is 13.9. The van der Waals surface area contributed by atoms with E-state index < -0.39 is 0 Å². The van der Waals surface area contributed by atoms with Crippen molar-refractivity contribution in [2.75, 3.05) is 20.2 Å². The van der Waals surface area contributed by atoms with Crippen LogP contribution < -0.4 is 9.47 Å². The fourth-order valence-corrected chi connectivity index (χ4v) is 2.66. The number of hydrogen-bond acceptors (Lipinski definition) is 6. The summed E-state index contributed by atoms with van der Waals surface area (Å²) in [5.74, 6) is 0.348. The van der Waals surface area contributed by atoms with Gasteiger partial charge in [-0.2, -0.15) is 0 Å². The highest BCUT2D eigenvalue weighted by molar-refractivity contribution is 6.30. The number of piperidine rings is 1. The van der Waals surface area contributed by atoms with Gasteiger partial charge in [-0.05, 0) is 18.9 Å². The van der Waals surface area contributed by atoms with Crippen LogP contribution in [-0.4, -0.2) is 52.1 Å². The van der Waals surface area contributed by atoms with Crippen molar-refractivity contribution in [3.63, 3.8) is 0 Å². The minimum absolute atomic E-state index is 0.0685. The summed E-state index contributed by atoms with van der Waals surface area (Å²) in [4.78, 5) is 26.5. The Morgan fingerprint density at radius 1 is 1.33 bits per heavy atom. The molecule has 7 nitrogen and oxygen atoms in total. The number of carbonyl (C=O) groups excluding carboxylic acids is 1. The van der Waals surface area contributed by atoms with Gasteiger partial charge in [0.05, 0.1) is 31.1 Å². The molecule has 24 heavy (non-hydrogen) atoms. The van der Waals surface area contributed by atoms with Gasteiger partial charge in [-0.1, -0.05) is 11.6 Å². The third-order valence-corrected chi connectivity index (χ3v) is 3.92. The molecule has 1 atom stereocenters. The number of pyridine rings is 1. The van der Waals surface area contributed by atoms with Crippen molar-refractivity contribution in [1.29, 1.82) is 0 Å². The normalized spacial score (nSPS) is 17.4. The predicted molar refractivity (Wildman–Crippen MR) is 87.4 cm³/mol. The highest BCUT2D eigenvalue weighted by Gasteiger charge is 2.26. The molecule has 126 valence electrons. The number of aromatic nitrogens is 3. The van der Waals surface area contributed by atoms with Crippen LogP contribution in [0, 0.1) is 0 Å². The van der Waals surface area contributed by atoms with Gasteiger partial charge in [-0.15, -0.1) is 0 Å². The Morgan fingerprint density at radius 3 is 2.88 bits per heavy atom. The molecule has 2 aromatic rings. The third kappa shape index (κ3) is 3.91. The van der Waals surface area contributed by atoms with E-state index in [1.165, 1.54) is 19.5 Å². The van der Waals surface area contributed by atoms with Crippen LogP contribution in [0.4, 0.5) is 0 Å². The molecule has 0 aromatic carbocycles. The van der Waals surface area contributed by atoms with E-state index in [-0.39, 0.29) is 18.0 Å². The lowest BCUT2D eigenvalue weighted by molar-refractivity contribution is 0.0515. The summed E-state index contributed by atoms with van der Waals surface area (Å²) in [7, 11) is 1.52. The molecular weight excluding hydrogens is 332 g/mol. The van der Waals surface area contributed by atoms with Crippen molar-refractivity contribution in [3.8, 4) is 11.9 Å². The first-order valence-corrected chi connectivity index (χ1v) is 7.97. The molecule has 2 aromatic heterocycles. The van der Waals surface area contributed by atoms with Crippen molar-refractivity contribution in [3.05, 3.63) is 41.3 Å². The largest absolute Gasteiger partial charge is 0.481 e. The van der Waals surface area contributed by atoms with Gasteiger partial charge in [0.2, 0.25) is 5.88 Å².